The lowest BCUT2D eigenvalue weighted by atomic mass is 10.0. The highest BCUT2D eigenvalue weighted by atomic mass is 16.6. The monoisotopic (exact) mass is 444 g/mol. The normalized spacial score (nSPS) is 17.8. The smallest absolute Gasteiger partial charge is 0.410 e. The van der Waals surface area contributed by atoms with Crippen molar-refractivity contribution in [3.8, 4) is 5.75 Å². The fourth-order valence-corrected chi connectivity index (χ4v) is 4.21. The number of piperidine rings is 1. The number of amides is 1. The molecule has 1 saturated carbocycles. The van der Waals surface area contributed by atoms with Crippen LogP contribution in [0.1, 0.15) is 52.0 Å². The van der Waals surface area contributed by atoms with E-state index in [2.05, 4.69) is 21.3 Å². The molecule has 0 unspecified atom stereocenters. The van der Waals surface area contributed by atoms with Gasteiger partial charge >= 0.3 is 6.09 Å². The number of hydrogen-bond acceptors (Lipinski definition) is 4. The molecule has 0 aromatic heterocycles. The highest BCUT2D eigenvalue weighted by Gasteiger charge is 2.35. The van der Waals surface area contributed by atoms with Gasteiger partial charge in [-0.15, -0.1) is 0 Å². The van der Waals surface area contributed by atoms with Gasteiger partial charge in [-0.2, -0.15) is 0 Å². The molecule has 1 aromatic carbocycles. The highest BCUT2D eigenvalue weighted by Crippen LogP contribution is 2.32. The van der Waals surface area contributed by atoms with Crippen LogP contribution in [0.2, 0.25) is 0 Å². The molecule has 1 saturated heterocycles. The van der Waals surface area contributed by atoms with E-state index < -0.39 is 5.60 Å². The summed E-state index contributed by atoms with van der Waals surface area (Å²) in [6.07, 6.45) is 5.01. The SMILES string of the molecule is CN=C(NCCc1ccccc1OC)N1CCC(N(CC2CC2)C(=O)OC(C)(C)C)CC1. The minimum Gasteiger partial charge on any atom is -0.496 e. The number of hydrogen-bond donors (Lipinski definition) is 1. The number of aliphatic imine (C=N–C) groups is 1. The Morgan fingerprint density at radius 3 is 2.47 bits per heavy atom. The van der Waals surface area contributed by atoms with Crippen LogP contribution < -0.4 is 10.1 Å². The van der Waals surface area contributed by atoms with Crippen molar-refractivity contribution in [2.75, 3.05) is 40.3 Å². The Kier molecular flexibility index (Phi) is 8.26. The van der Waals surface area contributed by atoms with Gasteiger partial charge in [0.1, 0.15) is 11.4 Å². The molecule has 0 spiro atoms. The maximum Gasteiger partial charge on any atom is 0.410 e. The fourth-order valence-electron chi connectivity index (χ4n) is 4.21. The van der Waals surface area contributed by atoms with Crippen molar-refractivity contribution in [2.24, 2.45) is 10.9 Å². The van der Waals surface area contributed by atoms with Crippen LogP contribution in [-0.4, -0.2) is 73.8 Å². The standard InChI is InChI=1S/C25H40N4O3/c1-25(2,3)32-24(30)29(18-19-10-11-19)21-13-16-28(17-14-21)23(26-4)27-15-12-20-8-6-7-9-22(20)31-5/h6-9,19,21H,10-18H2,1-5H3,(H,26,27). The molecule has 1 amide bonds. The molecule has 1 aliphatic heterocycles. The van der Waals surface area contributed by atoms with Crippen molar-refractivity contribution in [1.82, 2.24) is 15.1 Å². The van der Waals surface area contributed by atoms with E-state index >= 15 is 0 Å². The van der Waals surface area contributed by atoms with Gasteiger partial charge in [0.05, 0.1) is 7.11 Å². The Morgan fingerprint density at radius 1 is 1.19 bits per heavy atom. The van der Waals surface area contributed by atoms with Crippen LogP contribution in [0.3, 0.4) is 0 Å². The predicted octanol–water partition coefficient (Wildman–Crippen LogP) is 3.92. The number of rotatable bonds is 7. The Bertz CT molecular complexity index is 778. The van der Waals surface area contributed by atoms with Crippen molar-refractivity contribution in [3.05, 3.63) is 29.8 Å². The molecule has 2 fully saturated rings. The maximum atomic E-state index is 12.9. The Labute approximate surface area is 193 Å². The first-order chi connectivity index (χ1) is 15.3. The molecule has 32 heavy (non-hydrogen) atoms. The number of ether oxygens (including phenoxy) is 2. The molecule has 1 heterocycles. The third-order valence-corrected chi connectivity index (χ3v) is 6.07. The van der Waals surface area contributed by atoms with Crippen molar-refractivity contribution >= 4 is 12.1 Å². The highest BCUT2D eigenvalue weighted by molar-refractivity contribution is 5.80. The zero-order chi connectivity index (χ0) is 23.1. The van der Waals surface area contributed by atoms with Gasteiger partial charge in [-0.1, -0.05) is 18.2 Å². The molecule has 7 nitrogen and oxygen atoms in total. The van der Waals surface area contributed by atoms with Gasteiger partial charge in [-0.25, -0.2) is 4.79 Å². The largest absolute Gasteiger partial charge is 0.496 e. The van der Waals surface area contributed by atoms with Crippen LogP contribution in [0.4, 0.5) is 4.79 Å². The molecule has 0 radical (unpaired) electrons. The average Bonchev–Trinajstić information content (AvgIpc) is 3.59. The van der Waals surface area contributed by atoms with E-state index in [0.717, 1.165) is 57.2 Å². The van der Waals surface area contributed by atoms with Gasteiger partial charge in [0.25, 0.3) is 0 Å². The number of carbonyl (C=O) groups excluding carboxylic acids is 1. The van der Waals surface area contributed by atoms with E-state index in [-0.39, 0.29) is 12.1 Å². The molecule has 1 N–H and O–H groups in total. The number of guanidine groups is 1. The van der Waals surface area contributed by atoms with Crippen LogP contribution in [-0.2, 0) is 11.2 Å². The van der Waals surface area contributed by atoms with E-state index in [1.54, 1.807) is 7.11 Å². The number of para-hydroxylation sites is 1. The van der Waals surface area contributed by atoms with E-state index in [9.17, 15) is 4.79 Å². The van der Waals surface area contributed by atoms with Crippen LogP contribution in [0, 0.1) is 5.92 Å². The van der Waals surface area contributed by atoms with E-state index in [1.807, 2.05) is 50.9 Å². The Balaban J connectivity index is 1.51. The van der Waals surface area contributed by atoms with E-state index in [0.29, 0.717) is 5.92 Å². The molecule has 2 aliphatic rings. The lowest BCUT2D eigenvalue weighted by molar-refractivity contribution is 0.00928. The molecule has 1 aliphatic carbocycles. The minimum atomic E-state index is -0.465. The van der Waals surface area contributed by atoms with E-state index in [4.69, 9.17) is 9.47 Å². The molecule has 0 bridgehead atoms. The summed E-state index contributed by atoms with van der Waals surface area (Å²) < 4.78 is 11.2. The van der Waals surface area contributed by atoms with Crippen LogP contribution in [0.15, 0.2) is 29.3 Å². The van der Waals surface area contributed by atoms with Gasteiger partial charge in [0.2, 0.25) is 0 Å². The molecule has 7 heteroatoms. The first-order valence-corrected chi connectivity index (χ1v) is 11.9. The topological polar surface area (TPSA) is 66.4 Å². The molecule has 0 atom stereocenters. The zero-order valence-corrected chi connectivity index (χ0v) is 20.4. The van der Waals surface area contributed by atoms with Crippen LogP contribution in [0.25, 0.3) is 0 Å². The van der Waals surface area contributed by atoms with Gasteiger partial charge in [0.15, 0.2) is 5.96 Å². The second-order valence-corrected chi connectivity index (χ2v) is 9.83. The lowest BCUT2D eigenvalue weighted by Crippen LogP contribution is -2.52. The summed E-state index contributed by atoms with van der Waals surface area (Å²) >= 11 is 0. The number of likely N-dealkylation sites (tertiary alicyclic amines) is 1. The van der Waals surface area contributed by atoms with Crippen LogP contribution >= 0.6 is 0 Å². The first-order valence-electron chi connectivity index (χ1n) is 11.9. The quantitative estimate of drug-likeness (QED) is 0.510. The van der Waals surface area contributed by atoms with E-state index in [1.165, 1.54) is 18.4 Å². The number of nitrogens with zero attached hydrogens (tertiary/aromatic N) is 3. The van der Waals surface area contributed by atoms with Gasteiger partial charge < -0.3 is 24.6 Å². The summed E-state index contributed by atoms with van der Waals surface area (Å²) in [5.74, 6) is 2.48. The van der Waals surface area contributed by atoms with Crippen molar-refractivity contribution in [1.29, 1.82) is 0 Å². The second-order valence-electron chi connectivity index (χ2n) is 9.83. The summed E-state index contributed by atoms with van der Waals surface area (Å²) in [7, 11) is 3.54. The molecule has 1 aromatic rings. The van der Waals surface area contributed by atoms with Gasteiger partial charge in [0, 0.05) is 39.3 Å². The Morgan fingerprint density at radius 2 is 1.88 bits per heavy atom. The number of nitrogens with one attached hydrogen (secondary N) is 1. The molecule has 178 valence electrons. The number of carbonyl (C=O) groups is 1. The van der Waals surface area contributed by atoms with Gasteiger partial charge in [-0.3, -0.25) is 4.99 Å². The molecular formula is C25H40N4O3. The zero-order valence-electron chi connectivity index (χ0n) is 20.4. The summed E-state index contributed by atoms with van der Waals surface area (Å²) in [5, 5.41) is 3.49. The van der Waals surface area contributed by atoms with Crippen molar-refractivity contribution in [3.63, 3.8) is 0 Å². The van der Waals surface area contributed by atoms with Crippen LogP contribution in [0.5, 0.6) is 5.75 Å². The summed E-state index contributed by atoms with van der Waals surface area (Å²) in [5.41, 5.74) is 0.720. The number of benzene rings is 1. The third kappa shape index (κ3) is 7.04. The number of methoxy groups -OCH3 is 1. The summed E-state index contributed by atoms with van der Waals surface area (Å²) in [4.78, 5) is 21.7. The summed E-state index contributed by atoms with van der Waals surface area (Å²) in [6, 6.07) is 8.35. The van der Waals surface area contributed by atoms with Gasteiger partial charge in [-0.05, 0) is 70.4 Å². The lowest BCUT2D eigenvalue weighted by Gasteiger charge is -2.40. The third-order valence-electron chi connectivity index (χ3n) is 6.07. The van der Waals surface area contributed by atoms with Crippen molar-refractivity contribution < 1.29 is 14.3 Å². The molecule has 3 rings (SSSR count). The Hall–Kier alpha value is -2.44. The second kappa shape index (κ2) is 10.9. The predicted molar refractivity (Wildman–Crippen MR) is 128 cm³/mol. The minimum absolute atomic E-state index is 0.165. The average molecular weight is 445 g/mol. The summed E-state index contributed by atoms with van der Waals surface area (Å²) in [6.45, 7) is 9.17. The maximum absolute atomic E-state index is 12.9. The first kappa shape index (κ1) is 24.2. The fraction of sp³-hybridized carbons (Fsp3) is 0.680. The van der Waals surface area contributed by atoms with Crippen molar-refractivity contribution in [2.45, 2.75) is 64.5 Å². The molecular weight excluding hydrogens is 404 g/mol.